The second-order valence-electron chi connectivity index (χ2n) is 7.98. The molecule has 0 spiro atoms. The number of aromatic nitrogens is 2. The highest BCUT2D eigenvalue weighted by Gasteiger charge is 2.32. The molecule has 0 aliphatic carbocycles. The molecule has 0 radical (unpaired) electrons. The number of hydrogen-bond acceptors (Lipinski definition) is 6. The number of fused-ring (bicyclic) bond motifs is 1. The zero-order valence-electron chi connectivity index (χ0n) is 18.9. The number of aryl methyl sites for hydroxylation is 1. The Morgan fingerprint density at radius 1 is 1.14 bits per heavy atom. The third-order valence-electron chi connectivity index (χ3n) is 5.66. The van der Waals surface area contributed by atoms with E-state index in [1.807, 2.05) is 11.8 Å². The van der Waals surface area contributed by atoms with Crippen LogP contribution in [0.3, 0.4) is 0 Å². The van der Waals surface area contributed by atoms with E-state index in [1.165, 1.54) is 36.4 Å². The number of nitrogens with zero attached hydrogens (tertiary/aromatic N) is 3. The van der Waals surface area contributed by atoms with Gasteiger partial charge in [0, 0.05) is 30.4 Å². The molecule has 1 aliphatic heterocycles. The first-order chi connectivity index (χ1) is 16.3. The number of carbonyl (C=O) groups excluding carboxylic acids is 2. The van der Waals surface area contributed by atoms with Gasteiger partial charge in [0.15, 0.2) is 5.82 Å². The van der Waals surface area contributed by atoms with Crippen molar-refractivity contribution >= 4 is 35.0 Å². The molecule has 10 heteroatoms. The van der Waals surface area contributed by atoms with Crippen LogP contribution < -0.4 is 20.9 Å². The molecule has 0 saturated heterocycles. The van der Waals surface area contributed by atoms with Crippen LogP contribution in [0.2, 0.25) is 0 Å². The molecule has 0 saturated carbocycles. The van der Waals surface area contributed by atoms with Crippen LogP contribution >= 0.6 is 0 Å². The number of anilines is 4. The van der Waals surface area contributed by atoms with Crippen LogP contribution in [0.4, 0.5) is 31.9 Å². The molecule has 0 bridgehead atoms. The van der Waals surface area contributed by atoms with Crippen molar-refractivity contribution in [3.63, 3.8) is 0 Å². The van der Waals surface area contributed by atoms with Crippen molar-refractivity contribution < 1.29 is 18.4 Å². The van der Waals surface area contributed by atoms with Crippen molar-refractivity contribution in [3.8, 4) is 0 Å². The number of amides is 2. The Kier molecular flexibility index (Phi) is 7.63. The summed E-state index contributed by atoms with van der Waals surface area (Å²) >= 11 is 0. The highest BCUT2D eigenvalue weighted by molar-refractivity contribution is 6.04. The second kappa shape index (κ2) is 10.5. The third-order valence-corrected chi connectivity index (χ3v) is 5.66. The number of benzene rings is 2. The summed E-state index contributed by atoms with van der Waals surface area (Å²) in [5, 5.41) is 8.47. The fraction of sp³-hybridized carbons (Fsp3) is 0.280. The van der Waals surface area contributed by atoms with Crippen LogP contribution in [-0.4, -0.2) is 34.9 Å². The molecule has 0 fully saturated rings. The minimum Gasteiger partial charge on any atom is -0.350 e. The molecular weight excluding hydrogens is 454 g/mol. The smallest absolute Gasteiger partial charge is 0.255 e. The van der Waals surface area contributed by atoms with Crippen LogP contribution in [0.15, 0.2) is 42.5 Å². The molecule has 2 amide bonds. The average Bonchev–Trinajstić information content (AvgIpc) is 2.81. The van der Waals surface area contributed by atoms with Gasteiger partial charge in [-0.15, -0.1) is 0 Å². The quantitative estimate of drug-likeness (QED) is 0.470. The lowest BCUT2D eigenvalue weighted by Gasteiger charge is -2.34. The minimum absolute atomic E-state index is 0. The monoisotopic (exact) mass is 482 g/mol. The third kappa shape index (κ3) is 5.37. The number of rotatable bonds is 6. The highest BCUT2D eigenvalue weighted by Crippen LogP contribution is 2.33. The van der Waals surface area contributed by atoms with Crippen molar-refractivity contribution in [2.45, 2.75) is 40.3 Å². The summed E-state index contributed by atoms with van der Waals surface area (Å²) in [4.78, 5) is 35.3. The molecule has 35 heavy (non-hydrogen) atoms. The van der Waals surface area contributed by atoms with Crippen molar-refractivity contribution in [2.24, 2.45) is 0 Å². The van der Waals surface area contributed by atoms with Crippen molar-refractivity contribution in [1.29, 1.82) is 0 Å². The predicted molar refractivity (Wildman–Crippen MR) is 133 cm³/mol. The molecule has 8 nitrogen and oxygen atoms in total. The van der Waals surface area contributed by atoms with Crippen molar-refractivity contribution in [3.05, 3.63) is 70.9 Å². The Hall–Kier alpha value is -4.08. The first-order valence-electron chi connectivity index (χ1n) is 10.8. The fourth-order valence-corrected chi connectivity index (χ4v) is 3.77. The summed E-state index contributed by atoms with van der Waals surface area (Å²) < 4.78 is 27.7. The molecule has 4 rings (SSSR count). The van der Waals surface area contributed by atoms with E-state index in [0.717, 1.165) is 6.07 Å². The Morgan fingerprint density at radius 2 is 1.86 bits per heavy atom. The fourth-order valence-electron chi connectivity index (χ4n) is 3.77. The summed E-state index contributed by atoms with van der Waals surface area (Å²) in [6, 6.07) is 9.12. The van der Waals surface area contributed by atoms with Crippen LogP contribution in [0.25, 0.3) is 0 Å². The molecule has 0 unspecified atom stereocenters. The van der Waals surface area contributed by atoms with Crippen LogP contribution in [0, 0.1) is 18.6 Å². The largest absolute Gasteiger partial charge is 0.350 e. The van der Waals surface area contributed by atoms with Gasteiger partial charge in [-0.05, 0) is 49.7 Å². The lowest BCUT2D eigenvalue weighted by Crippen LogP contribution is -2.46. The van der Waals surface area contributed by atoms with Gasteiger partial charge in [0.05, 0.1) is 5.69 Å². The average molecular weight is 483 g/mol. The van der Waals surface area contributed by atoms with Gasteiger partial charge in [-0.3, -0.25) is 9.59 Å². The van der Waals surface area contributed by atoms with E-state index in [9.17, 15) is 18.4 Å². The van der Waals surface area contributed by atoms with Gasteiger partial charge < -0.3 is 20.9 Å². The lowest BCUT2D eigenvalue weighted by molar-refractivity contribution is -0.117. The molecular formula is C25H28F2N6O2. The van der Waals surface area contributed by atoms with Gasteiger partial charge in [0.1, 0.15) is 23.4 Å². The van der Waals surface area contributed by atoms with E-state index in [0.29, 0.717) is 40.8 Å². The second-order valence-corrected chi connectivity index (χ2v) is 7.98. The lowest BCUT2D eigenvalue weighted by atomic mass is 10.1. The first-order valence-corrected chi connectivity index (χ1v) is 10.8. The van der Waals surface area contributed by atoms with Gasteiger partial charge in [-0.1, -0.05) is 20.4 Å². The molecule has 1 atom stereocenters. The summed E-state index contributed by atoms with van der Waals surface area (Å²) in [5.41, 5.74) is 2.02. The zero-order valence-corrected chi connectivity index (χ0v) is 18.9. The summed E-state index contributed by atoms with van der Waals surface area (Å²) in [6.07, 6.45) is 0.625. The van der Waals surface area contributed by atoms with E-state index in [1.54, 1.807) is 14.0 Å². The molecule has 2 aromatic carbocycles. The summed E-state index contributed by atoms with van der Waals surface area (Å²) in [5.74, 6) is -0.698. The van der Waals surface area contributed by atoms with E-state index in [2.05, 4.69) is 25.9 Å². The highest BCUT2D eigenvalue weighted by atomic mass is 19.1. The Labute approximate surface area is 202 Å². The van der Waals surface area contributed by atoms with Gasteiger partial charge in [0.25, 0.3) is 5.91 Å². The van der Waals surface area contributed by atoms with Crippen LogP contribution in [-0.2, 0) is 11.3 Å². The standard InChI is InChI=1S/C24H24F2N6O2.CH4/c1-4-19-23(34)30-20-13(2)28-24(31-21(20)32(19)3)27-12-15-6-5-14(11-18(15)26)22(33)29-17-9-7-16(25)8-10-17;/h5-11,19H,4,12H2,1-3H3,(H,29,33)(H,30,34)(H,27,28,31);1H4/t19-;/m1./s1. The molecule has 1 aliphatic rings. The van der Waals surface area contributed by atoms with Gasteiger partial charge >= 0.3 is 0 Å². The Balaban J connectivity index is 0.00000342. The number of halogens is 2. The molecule has 184 valence electrons. The minimum atomic E-state index is -0.565. The van der Waals surface area contributed by atoms with E-state index in [-0.39, 0.29) is 31.5 Å². The molecule has 2 heterocycles. The number of hydrogen-bond donors (Lipinski definition) is 3. The van der Waals surface area contributed by atoms with Gasteiger partial charge in [-0.25, -0.2) is 13.8 Å². The zero-order chi connectivity index (χ0) is 24.4. The molecule has 3 N–H and O–H groups in total. The normalized spacial score (nSPS) is 14.5. The molecule has 1 aromatic heterocycles. The van der Waals surface area contributed by atoms with E-state index in [4.69, 9.17) is 0 Å². The number of carbonyl (C=O) groups is 2. The topological polar surface area (TPSA) is 99.2 Å². The molecule has 3 aromatic rings. The first kappa shape index (κ1) is 25.5. The Bertz CT molecular complexity index is 1250. The maximum absolute atomic E-state index is 14.7. The SMILES string of the molecule is C.CC[C@@H]1C(=O)Nc2c(C)nc(NCc3ccc(C(=O)Nc4ccc(F)cc4)cc3F)nc2N1C. The summed E-state index contributed by atoms with van der Waals surface area (Å²) in [6.45, 7) is 3.78. The number of likely N-dealkylation sites (N-methyl/N-ethyl adjacent to an activating group) is 1. The maximum Gasteiger partial charge on any atom is 0.255 e. The number of nitrogens with one attached hydrogen (secondary N) is 3. The van der Waals surface area contributed by atoms with Crippen LogP contribution in [0.5, 0.6) is 0 Å². The summed E-state index contributed by atoms with van der Waals surface area (Å²) in [7, 11) is 1.80. The van der Waals surface area contributed by atoms with E-state index >= 15 is 0 Å². The van der Waals surface area contributed by atoms with Gasteiger partial charge in [0.2, 0.25) is 11.9 Å². The van der Waals surface area contributed by atoms with Crippen LogP contribution in [0.1, 0.15) is 42.4 Å². The maximum atomic E-state index is 14.7. The Morgan fingerprint density at radius 3 is 2.51 bits per heavy atom. The van der Waals surface area contributed by atoms with E-state index < -0.39 is 17.5 Å². The van der Waals surface area contributed by atoms with Crippen molar-refractivity contribution in [2.75, 3.05) is 27.9 Å². The van der Waals surface area contributed by atoms with Gasteiger partial charge in [-0.2, -0.15) is 4.98 Å². The van der Waals surface area contributed by atoms with Crippen molar-refractivity contribution in [1.82, 2.24) is 9.97 Å². The predicted octanol–water partition coefficient (Wildman–Crippen LogP) is 4.73.